The Bertz CT molecular complexity index is 832. The van der Waals surface area contributed by atoms with Gasteiger partial charge in [-0.1, -0.05) is 12.1 Å². The number of halogens is 1. The number of hydrogen-bond donors (Lipinski definition) is 2. The molecular weight excluding hydrogens is 325 g/mol. The summed E-state index contributed by atoms with van der Waals surface area (Å²) in [6.07, 6.45) is 0.00279. The first-order valence-electron chi connectivity index (χ1n) is 7.94. The first-order chi connectivity index (χ1) is 11.9. The molecule has 1 unspecified atom stereocenters. The summed E-state index contributed by atoms with van der Waals surface area (Å²) in [7, 11) is 0. The van der Waals surface area contributed by atoms with E-state index in [9.17, 15) is 19.1 Å². The zero-order valence-corrected chi connectivity index (χ0v) is 13.7. The third-order valence-electron chi connectivity index (χ3n) is 4.49. The summed E-state index contributed by atoms with van der Waals surface area (Å²) in [4.78, 5) is 24.6. The fraction of sp³-hybridized carbons (Fsp3) is 0.263. The number of aliphatic carboxylic acids is 1. The van der Waals surface area contributed by atoms with Crippen molar-refractivity contribution in [3.63, 3.8) is 0 Å². The van der Waals surface area contributed by atoms with Gasteiger partial charge in [0.1, 0.15) is 5.82 Å². The van der Waals surface area contributed by atoms with E-state index in [0.717, 1.165) is 11.1 Å². The standard InChI is InChI=1S/C19H18FNO4/c1-11-6-15(20)7-14(10-22)18(11)12-2-4-16(5-3-12)21-9-13(19(24)25)8-17(21)23/h2-7,13,22H,8-10H2,1H3,(H,24,25). The molecule has 25 heavy (non-hydrogen) atoms. The van der Waals surface area contributed by atoms with Crippen LogP contribution in [0, 0.1) is 18.7 Å². The van der Waals surface area contributed by atoms with Crippen LogP contribution < -0.4 is 4.90 Å². The van der Waals surface area contributed by atoms with E-state index in [-0.39, 0.29) is 25.5 Å². The summed E-state index contributed by atoms with van der Waals surface area (Å²) in [6, 6.07) is 9.76. The number of rotatable bonds is 4. The molecule has 2 aromatic rings. The molecule has 1 atom stereocenters. The first-order valence-corrected chi connectivity index (χ1v) is 7.94. The van der Waals surface area contributed by atoms with Crippen LogP contribution in [0.25, 0.3) is 11.1 Å². The summed E-state index contributed by atoms with van der Waals surface area (Å²) >= 11 is 0. The number of amides is 1. The number of aliphatic hydroxyl groups is 1. The van der Waals surface area contributed by atoms with Crippen molar-refractivity contribution in [2.45, 2.75) is 20.0 Å². The Labute approximate surface area is 144 Å². The average molecular weight is 343 g/mol. The van der Waals surface area contributed by atoms with Crippen molar-refractivity contribution >= 4 is 17.6 Å². The molecule has 1 aliphatic rings. The number of hydrogen-bond acceptors (Lipinski definition) is 3. The van der Waals surface area contributed by atoms with Gasteiger partial charge in [0.25, 0.3) is 0 Å². The van der Waals surface area contributed by atoms with Crippen molar-refractivity contribution in [1.29, 1.82) is 0 Å². The topological polar surface area (TPSA) is 77.8 Å². The fourth-order valence-electron chi connectivity index (χ4n) is 3.28. The molecule has 1 amide bonds. The van der Waals surface area contributed by atoms with Crippen molar-refractivity contribution in [3.8, 4) is 11.1 Å². The Morgan fingerprint density at radius 1 is 1.28 bits per heavy atom. The van der Waals surface area contributed by atoms with Gasteiger partial charge >= 0.3 is 5.97 Å². The molecule has 3 rings (SSSR count). The van der Waals surface area contributed by atoms with Gasteiger partial charge < -0.3 is 15.1 Å². The molecule has 5 nitrogen and oxygen atoms in total. The van der Waals surface area contributed by atoms with E-state index in [2.05, 4.69) is 0 Å². The van der Waals surface area contributed by atoms with E-state index >= 15 is 0 Å². The highest BCUT2D eigenvalue weighted by Gasteiger charge is 2.34. The van der Waals surface area contributed by atoms with Crippen LogP contribution >= 0.6 is 0 Å². The molecule has 6 heteroatoms. The number of carbonyl (C=O) groups is 2. The van der Waals surface area contributed by atoms with E-state index in [1.807, 2.05) is 0 Å². The van der Waals surface area contributed by atoms with Crippen LogP contribution in [-0.2, 0) is 16.2 Å². The van der Waals surface area contributed by atoms with Crippen LogP contribution in [0.3, 0.4) is 0 Å². The van der Waals surface area contributed by atoms with Crippen molar-refractivity contribution in [3.05, 3.63) is 53.3 Å². The van der Waals surface area contributed by atoms with Crippen LogP contribution in [0.15, 0.2) is 36.4 Å². The van der Waals surface area contributed by atoms with Crippen molar-refractivity contribution in [2.75, 3.05) is 11.4 Å². The molecule has 0 saturated carbocycles. The van der Waals surface area contributed by atoms with Crippen LogP contribution in [0.1, 0.15) is 17.5 Å². The Balaban J connectivity index is 1.92. The molecule has 1 heterocycles. The summed E-state index contributed by atoms with van der Waals surface area (Å²) in [5.41, 5.74) is 3.38. The van der Waals surface area contributed by atoms with Gasteiger partial charge in [-0.2, -0.15) is 0 Å². The number of anilines is 1. The van der Waals surface area contributed by atoms with Crippen molar-refractivity contribution < 1.29 is 24.2 Å². The monoisotopic (exact) mass is 343 g/mol. The minimum atomic E-state index is -0.970. The van der Waals surface area contributed by atoms with Gasteiger partial charge in [0.15, 0.2) is 0 Å². The number of carboxylic acids is 1. The number of aliphatic hydroxyl groups excluding tert-OH is 1. The molecule has 0 bridgehead atoms. The normalized spacial score (nSPS) is 17.2. The summed E-state index contributed by atoms with van der Waals surface area (Å²) < 4.78 is 13.5. The minimum Gasteiger partial charge on any atom is -0.481 e. The van der Waals surface area contributed by atoms with Gasteiger partial charge in [-0.05, 0) is 53.4 Å². The smallest absolute Gasteiger partial charge is 0.308 e. The maximum atomic E-state index is 13.5. The Kier molecular flexibility index (Phi) is 4.55. The van der Waals surface area contributed by atoms with Gasteiger partial charge in [-0.25, -0.2) is 4.39 Å². The summed E-state index contributed by atoms with van der Waals surface area (Å²) in [5, 5.41) is 18.6. The molecule has 130 valence electrons. The molecule has 0 aliphatic carbocycles. The molecule has 0 spiro atoms. The van der Waals surface area contributed by atoms with E-state index in [1.165, 1.54) is 17.0 Å². The van der Waals surface area contributed by atoms with Crippen LogP contribution in [0.4, 0.5) is 10.1 Å². The van der Waals surface area contributed by atoms with Crippen LogP contribution in [0.2, 0.25) is 0 Å². The summed E-state index contributed by atoms with van der Waals surface area (Å²) in [6.45, 7) is 1.65. The molecule has 2 N–H and O–H groups in total. The fourth-order valence-corrected chi connectivity index (χ4v) is 3.28. The van der Waals surface area contributed by atoms with Crippen LogP contribution in [0.5, 0.6) is 0 Å². The zero-order chi connectivity index (χ0) is 18.1. The Morgan fingerprint density at radius 3 is 2.52 bits per heavy atom. The highest BCUT2D eigenvalue weighted by Crippen LogP contribution is 2.32. The molecule has 0 aromatic heterocycles. The zero-order valence-electron chi connectivity index (χ0n) is 13.7. The highest BCUT2D eigenvalue weighted by molar-refractivity contribution is 5.99. The minimum absolute atomic E-state index is 0.00279. The first kappa shape index (κ1) is 17.1. The molecule has 1 aliphatic heterocycles. The Hall–Kier alpha value is -2.73. The molecule has 0 radical (unpaired) electrons. The van der Waals surface area contributed by atoms with Crippen molar-refractivity contribution in [1.82, 2.24) is 0 Å². The highest BCUT2D eigenvalue weighted by atomic mass is 19.1. The lowest BCUT2D eigenvalue weighted by atomic mass is 9.95. The Morgan fingerprint density at radius 2 is 1.96 bits per heavy atom. The van der Waals surface area contributed by atoms with E-state index in [0.29, 0.717) is 16.8 Å². The number of carboxylic acid groups (broad SMARTS) is 1. The summed E-state index contributed by atoms with van der Waals surface area (Å²) in [5.74, 6) is -2.27. The average Bonchev–Trinajstić information content (AvgIpc) is 2.96. The van der Waals surface area contributed by atoms with Gasteiger partial charge in [-0.3, -0.25) is 9.59 Å². The molecular formula is C19H18FNO4. The second-order valence-electron chi connectivity index (χ2n) is 6.21. The second-order valence-corrected chi connectivity index (χ2v) is 6.21. The predicted molar refractivity (Wildman–Crippen MR) is 90.6 cm³/mol. The maximum Gasteiger partial charge on any atom is 0.308 e. The third-order valence-corrected chi connectivity index (χ3v) is 4.49. The third kappa shape index (κ3) is 3.25. The van der Waals surface area contributed by atoms with Crippen LogP contribution in [-0.4, -0.2) is 28.6 Å². The van der Waals surface area contributed by atoms with E-state index in [1.54, 1.807) is 31.2 Å². The van der Waals surface area contributed by atoms with Gasteiger partial charge in [0.2, 0.25) is 5.91 Å². The molecule has 2 aromatic carbocycles. The molecule has 1 saturated heterocycles. The SMILES string of the molecule is Cc1cc(F)cc(CO)c1-c1ccc(N2CC(C(=O)O)CC2=O)cc1. The molecule has 1 fully saturated rings. The maximum absolute atomic E-state index is 13.5. The quantitative estimate of drug-likeness (QED) is 0.895. The lowest BCUT2D eigenvalue weighted by molar-refractivity contribution is -0.141. The lowest BCUT2D eigenvalue weighted by Crippen LogP contribution is -2.25. The largest absolute Gasteiger partial charge is 0.481 e. The number of carbonyl (C=O) groups excluding carboxylic acids is 1. The van der Waals surface area contributed by atoms with Gasteiger partial charge in [0, 0.05) is 18.7 Å². The van der Waals surface area contributed by atoms with Crippen molar-refractivity contribution in [2.24, 2.45) is 5.92 Å². The second kappa shape index (κ2) is 6.64. The predicted octanol–water partition coefficient (Wildman–Crippen LogP) is 2.73. The number of nitrogens with zero attached hydrogens (tertiary/aromatic N) is 1. The van der Waals surface area contributed by atoms with Gasteiger partial charge in [0.05, 0.1) is 12.5 Å². The number of benzene rings is 2. The van der Waals surface area contributed by atoms with E-state index in [4.69, 9.17) is 5.11 Å². The lowest BCUT2D eigenvalue weighted by Gasteiger charge is -2.17. The van der Waals surface area contributed by atoms with Gasteiger partial charge in [-0.15, -0.1) is 0 Å². The van der Waals surface area contributed by atoms with E-state index < -0.39 is 17.7 Å². The number of aryl methyl sites for hydroxylation is 1.